The van der Waals surface area contributed by atoms with E-state index in [0.29, 0.717) is 5.75 Å². The first-order valence-corrected chi connectivity index (χ1v) is 6.51. The summed E-state index contributed by atoms with van der Waals surface area (Å²) >= 11 is 0. The molecule has 0 saturated heterocycles. The van der Waals surface area contributed by atoms with E-state index >= 15 is 0 Å². The minimum absolute atomic E-state index is 0.162. The van der Waals surface area contributed by atoms with E-state index in [4.69, 9.17) is 9.68 Å². The highest BCUT2D eigenvalue weighted by atomic mass is 16.7. The molecule has 0 radical (unpaired) electrons. The van der Waals surface area contributed by atoms with Crippen LogP contribution in [-0.4, -0.2) is 42.5 Å². The van der Waals surface area contributed by atoms with Gasteiger partial charge >= 0.3 is 0 Å². The summed E-state index contributed by atoms with van der Waals surface area (Å²) in [6, 6.07) is 6.46. The molecule has 0 N–H and O–H groups in total. The summed E-state index contributed by atoms with van der Waals surface area (Å²) in [4.78, 5) is 33.5. The zero-order valence-corrected chi connectivity index (χ0v) is 12.9. The van der Waals surface area contributed by atoms with E-state index in [2.05, 4.69) is 5.16 Å². The molecule has 1 aromatic rings. The maximum Gasteiger partial charge on any atom is 0.232 e. The number of carbonyl (C=O) groups is 2. The van der Waals surface area contributed by atoms with E-state index in [1.807, 2.05) is 6.92 Å². The van der Waals surface area contributed by atoms with Crippen molar-refractivity contribution < 1.29 is 19.3 Å². The molecule has 1 unspecified atom stereocenters. The van der Waals surface area contributed by atoms with Gasteiger partial charge in [0.1, 0.15) is 7.11 Å². The molecule has 0 bridgehead atoms. The predicted molar refractivity (Wildman–Crippen MR) is 79.4 cm³/mol. The van der Waals surface area contributed by atoms with Crippen LogP contribution < -0.4 is 4.84 Å². The second-order valence-corrected chi connectivity index (χ2v) is 4.61. The summed E-state index contributed by atoms with van der Waals surface area (Å²) in [5.41, 5.74) is 0.959. The van der Waals surface area contributed by atoms with Crippen LogP contribution in [0.3, 0.4) is 0 Å². The van der Waals surface area contributed by atoms with Crippen molar-refractivity contribution in [2.24, 2.45) is 5.16 Å². The number of Topliss-reactive ketones (excluding diaryl/α,β-unsaturated/α-hetero) is 2. The van der Waals surface area contributed by atoms with Gasteiger partial charge in [-0.05, 0) is 26.0 Å². The minimum Gasteiger partial charge on any atom is -0.405 e. The molecule has 0 aliphatic rings. The van der Waals surface area contributed by atoms with Gasteiger partial charge in [0.15, 0.2) is 11.5 Å². The average molecular weight is 292 g/mol. The van der Waals surface area contributed by atoms with E-state index in [9.17, 15) is 9.59 Å². The number of carbonyl (C=O) groups excluding carboxylic acids is 2. The fourth-order valence-corrected chi connectivity index (χ4v) is 1.64. The lowest BCUT2D eigenvalue weighted by Gasteiger charge is -2.24. The highest BCUT2D eigenvalue weighted by Gasteiger charge is 2.20. The van der Waals surface area contributed by atoms with E-state index < -0.39 is 11.6 Å². The van der Waals surface area contributed by atoms with Crippen molar-refractivity contribution >= 4 is 17.3 Å². The van der Waals surface area contributed by atoms with Crippen molar-refractivity contribution in [3.63, 3.8) is 0 Å². The second kappa shape index (κ2) is 7.54. The Hall–Kier alpha value is -2.21. The lowest BCUT2D eigenvalue weighted by Crippen LogP contribution is -2.37. The fourth-order valence-electron chi connectivity index (χ4n) is 1.64. The van der Waals surface area contributed by atoms with Gasteiger partial charge in [0, 0.05) is 14.0 Å². The molecule has 0 aliphatic carbocycles. The third-order valence-electron chi connectivity index (χ3n) is 3.08. The summed E-state index contributed by atoms with van der Waals surface area (Å²) < 4.78 is 0. The van der Waals surface area contributed by atoms with Gasteiger partial charge in [-0.15, -0.1) is 5.06 Å². The summed E-state index contributed by atoms with van der Waals surface area (Å²) in [5.74, 6) is -0.773. The predicted octanol–water partition coefficient (Wildman–Crippen LogP) is 2.09. The molecule has 1 aromatic carbocycles. The van der Waals surface area contributed by atoms with Gasteiger partial charge in [0.05, 0.1) is 17.3 Å². The molecule has 0 fully saturated rings. The van der Waals surface area contributed by atoms with E-state index in [1.54, 1.807) is 43.3 Å². The average Bonchev–Trinajstić information content (AvgIpc) is 2.46. The van der Waals surface area contributed by atoms with Crippen LogP contribution in [0, 0.1) is 0 Å². The number of hydroxylamine groups is 2. The Morgan fingerprint density at radius 1 is 1.24 bits per heavy atom. The number of ketones is 2. The molecule has 6 heteroatoms. The van der Waals surface area contributed by atoms with Crippen molar-refractivity contribution in [2.75, 3.05) is 14.2 Å². The van der Waals surface area contributed by atoms with Crippen molar-refractivity contribution in [3.05, 3.63) is 29.8 Å². The number of rotatable bonds is 7. The van der Waals surface area contributed by atoms with Crippen LogP contribution in [0.1, 0.15) is 31.1 Å². The molecule has 0 heterocycles. The molecule has 0 aliphatic heterocycles. The molecule has 0 saturated carbocycles. The lowest BCUT2D eigenvalue weighted by molar-refractivity contribution is -0.113. The second-order valence-electron chi connectivity index (χ2n) is 4.61. The Balaban J connectivity index is 2.96. The van der Waals surface area contributed by atoms with Crippen LogP contribution >= 0.6 is 0 Å². The van der Waals surface area contributed by atoms with Crippen molar-refractivity contribution in [1.82, 2.24) is 5.06 Å². The minimum atomic E-state index is -0.575. The summed E-state index contributed by atoms with van der Waals surface area (Å²) in [7, 11) is 3.19. The van der Waals surface area contributed by atoms with Crippen LogP contribution in [0.15, 0.2) is 29.4 Å². The summed E-state index contributed by atoms with van der Waals surface area (Å²) in [6.07, 6.45) is 0. The van der Waals surface area contributed by atoms with Gasteiger partial charge in [-0.2, -0.15) is 0 Å². The number of oxime groups is 1. The molecule has 0 amide bonds. The van der Waals surface area contributed by atoms with Crippen LogP contribution in [0.2, 0.25) is 0 Å². The van der Waals surface area contributed by atoms with Gasteiger partial charge < -0.3 is 9.68 Å². The maximum absolute atomic E-state index is 11.9. The van der Waals surface area contributed by atoms with Crippen LogP contribution in [0.4, 0.5) is 0 Å². The first-order chi connectivity index (χ1) is 9.88. The topological polar surface area (TPSA) is 68.2 Å². The molecule has 1 atom stereocenters. The quantitative estimate of drug-likeness (QED) is 0.333. The molecule has 21 heavy (non-hydrogen) atoms. The van der Waals surface area contributed by atoms with Crippen LogP contribution in [0.5, 0.6) is 5.75 Å². The summed E-state index contributed by atoms with van der Waals surface area (Å²) in [5, 5.41) is 5.39. The molecule has 6 nitrogen and oxygen atoms in total. The molecular formula is C15H20N2O4. The van der Waals surface area contributed by atoms with Gasteiger partial charge in [0.2, 0.25) is 5.78 Å². The number of hydrogen-bond acceptors (Lipinski definition) is 6. The molecule has 0 spiro atoms. The monoisotopic (exact) mass is 292 g/mol. The Bertz CT molecular complexity index is 554. The maximum atomic E-state index is 11.9. The zero-order valence-electron chi connectivity index (χ0n) is 12.9. The largest absolute Gasteiger partial charge is 0.405 e. The van der Waals surface area contributed by atoms with E-state index in [1.165, 1.54) is 14.0 Å². The third kappa shape index (κ3) is 4.39. The normalized spacial score (nSPS) is 13.0. The first kappa shape index (κ1) is 16.8. The Morgan fingerprint density at radius 2 is 1.86 bits per heavy atom. The van der Waals surface area contributed by atoms with E-state index in [-0.39, 0.29) is 11.6 Å². The van der Waals surface area contributed by atoms with Crippen molar-refractivity contribution in [3.8, 4) is 5.75 Å². The van der Waals surface area contributed by atoms with Gasteiger partial charge in [-0.25, -0.2) is 0 Å². The Kier molecular flexibility index (Phi) is 6.05. The zero-order chi connectivity index (χ0) is 16.0. The molecule has 114 valence electrons. The van der Waals surface area contributed by atoms with Gasteiger partial charge in [-0.1, -0.05) is 17.3 Å². The van der Waals surface area contributed by atoms with Crippen LogP contribution in [0.25, 0.3) is 0 Å². The molecular weight excluding hydrogens is 272 g/mol. The smallest absolute Gasteiger partial charge is 0.232 e. The van der Waals surface area contributed by atoms with Gasteiger partial charge in [0.25, 0.3) is 0 Å². The Labute approximate surface area is 124 Å². The number of para-hydroxylation sites is 1. The number of nitrogens with zero attached hydrogens (tertiary/aromatic N) is 2. The number of benzene rings is 1. The number of hydrogen-bond donors (Lipinski definition) is 0. The SMILES string of the molecule is CO/N=C(\C)C(C)N(C)Oc1ccccc1C(=O)C(C)=O. The van der Waals surface area contributed by atoms with E-state index in [0.717, 1.165) is 5.71 Å². The first-order valence-electron chi connectivity index (χ1n) is 6.51. The van der Waals surface area contributed by atoms with Gasteiger partial charge in [-0.3, -0.25) is 9.59 Å². The third-order valence-corrected chi connectivity index (χ3v) is 3.08. The van der Waals surface area contributed by atoms with Crippen molar-refractivity contribution in [1.29, 1.82) is 0 Å². The lowest BCUT2D eigenvalue weighted by atomic mass is 10.1. The Morgan fingerprint density at radius 3 is 2.43 bits per heavy atom. The molecule has 1 rings (SSSR count). The molecule has 0 aromatic heterocycles. The van der Waals surface area contributed by atoms with Crippen LogP contribution in [-0.2, 0) is 9.63 Å². The van der Waals surface area contributed by atoms with Crippen molar-refractivity contribution in [2.45, 2.75) is 26.8 Å². The standard InChI is InChI=1S/C15H20N2O4/c1-10(16-20-5)11(2)17(4)21-14-9-7-6-8-13(14)15(19)12(3)18/h6-9,11H,1-5H3/b16-10+. The highest BCUT2D eigenvalue weighted by molar-refractivity contribution is 6.43. The highest BCUT2D eigenvalue weighted by Crippen LogP contribution is 2.20. The summed E-state index contributed by atoms with van der Waals surface area (Å²) in [6.45, 7) is 4.93. The fraction of sp³-hybridized carbons (Fsp3) is 0.400.